The summed E-state index contributed by atoms with van der Waals surface area (Å²) in [5, 5.41) is 21.3. The highest BCUT2D eigenvalue weighted by Gasteiger charge is 2.70. The first-order chi connectivity index (χ1) is 13.3. The summed E-state index contributed by atoms with van der Waals surface area (Å²) >= 11 is 0. The molecule has 0 heterocycles. The first-order valence-electron chi connectivity index (χ1n) is 11.8. The summed E-state index contributed by atoms with van der Waals surface area (Å²) in [4.78, 5) is 26.0. The van der Waals surface area contributed by atoms with Gasteiger partial charge in [0.15, 0.2) is 0 Å². The van der Waals surface area contributed by atoms with Crippen molar-refractivity contribution in [2.24, 2.45) is 16.2 Å². The van der Waals surface area contributed by atoms with Crippen molar-refractivity contribution in [3.8, 4) is 0 Å². The summed E-state index contributed by atoms with van der Waals surface area (Å²) in [7, 11) is 0. The Labute approximate surface area is 172 Å². The van der Waals surface area contributed by atoms with Gasteiger partial charge in [-0.15, -0.1) is 0 Å². The van der Waals surface area contributed by atoms with Crippen molar-refractivity contribution in [2.75, 3.05) is 0 Å². The van der Waals surface area contributed by atoms with Crippen LogP contribution in [0.4, 0.5) is 0 Å². The maximum Gasteiger partial charge on any atom is 0.311 e. The van der Waals surface area contributed by atoms with Crippen molar-refractivity contribution in [1.29, 1.82) is 0 Å². The molecule has 1 saturated carbocycles. The van der Waals surface area contributed by atoms with Gasteiger partial charge in [0, 0.05) is 0 Å². The van der Waals surface area contributed by atoms with Crippen molar-refractivity contribution in [3.05, 3.63) is 0 Å². The number of rotatable bonds is 14. The van der Waals surface area contributed by atoms with Gasteiger partial charge in [0.2, 0.25) is 0 Å². The van der Waals surface area contributed by atoms with E-state index in [9.17, 15) is 19.8 Å². The molecular weight excluding hydrogens is 352 g/mol. The molecule has 1 aliphatic rings. The SMILES string of the molecule is CCCCC1(CCCC)CCCC(CCCC)(C(=O)O)C1(CCCC)C(=O)O. The van der Waals surface area contributed by atoms with E-state index in [1.165, 1.54) is 0 Å². The zero-order valence-electron chi connectivity index (χ0n) is 18.8. The van der Waals surface area contributed by atoms with Gasteiger partial charge in [-0.3, -0.25) is 9.59 Å². The predicted molar refractivity (Wildman–Crippen MR) is 115 cm³/mol. The summed E-state index contributed by atoms with van der Waals surface area (Å²) in [6, 6.07) is 0. The fourth-order valence-corrected chi connectivity index (χ4v) is 6.19. The third-order valence-corrected chi connectivity index (χ3v) is 7.64. The summed E-state index contributed by atoms with van der Waals surface area (Å²) < 4.78 is 0. The number of hydrogen-bond acceptors (Lipinski definition) is 2. The fraction of sp³-hybridized carbons (Fsp3) is 0.917. The monoisotopic (exact) mass is 396 g/mol. The van der Waals surface area contributed by atoms with Crippen LogP contribution in [0.1, 0.15) is 124 Å². The van der Waals surface area contributed by atoms with E-state index in [0.717, 1.165) is 77.0 Å². The predicted octanol–water partition coefficient (Wildman–Crippen LogP) is 7.06. The van der Waals surface area contributed by atoms with E-state index >= 15 is 0 Å². The Balaban J connectivity index is 3.72. The average Bonchev–Trinajstić information content (AvgIpc) is 2.67. The van der Waals surface area contributed by atoms with Crippen molar-refractivity contribution in [1.82, 2.24) is 0 Å². The molecule has 1 aliphatic carbocycles. The van der Waals surface area contributed by atoms with Crippen LogP contribution in [-0.4, -0.2) is 22.2 Å². The number of carbonyl (C=O) groups is 2. The first kappa shape index (κ1) is 25.0. The van der Waals surface area contributed by atoms with E-state index in [0.29, 0.717) is 19.3 Å². The largest absolute Gasteiger partial charge is 0.481 e. The molecule has 2 atom stereocenters. The molecule has 0 amide bonds. The van der Waals surface area contributed by atoms with Gasteiger partial charge in [-0.25, -0.2) is 0 Å². The minimum Gasteiger partial charge on any atom is -0.481 e. The van der Waals surface area contributed by atoms with Gasteiger partial charge in [-0.1, -0.05) is 85.5 Å². The van der Waals surface area contributed by atoms with E-state index in [2.05, 4.69) is 27.7 Å². The highest BCUT2D eigenvalue weighted by Crippen LogP contribution is 2.68. The molecule has 0 aromatic carbocycles. The average molecular weight is 397 g/mol. The molecule has 28 heavy (non-hydrogen) atoms. The molecule has 0 aromatic heterocycles. The Hall–Kier alpha value is -1.06. The van der Waals surface area contributed by atoms with Gasteiger partial charge in [0.25, 0.3) is 0 Å². The first-order valence-corrected chi connectivity index (χ1v) is 11.8. The topological polar surface area (TPSA) is 74.6 Å². The van der Waals surface area contributed by atoms with Gasteiger partial charge in [0.1, 0.15) is 0 Å². The lowest BCUT2D eigenvalue weighted by molar-refractivity contribution is -0.208. The number of aliphatic carboxylic acids is 2. The van der Waals surface area contributed by atoms with Crippen LogP contribution in [-0.2, 0) is 9.59 Å². The molecule has 0 radical (unpaired) electrons. The second-order valence-electron chi connectivity index (χ2n) is 9.15. The van der Waals surface area contributed by atoms with Gasteiger partial charge in [0.05, 0.1) is 10.8 Å². The lowest BCUT2D eigenvalue weighted by Crippen LogP contribution is -2.64. The summed E-state index contributed by atoms with van der Waals surface area (Å²) in [6.45, 7) is 8.43. The highest BCUT2D eigenvalue weighted by molar-refractivity contribution is 5.88. The summed E-state index contributed by atoms with van der Waals surface area (Å²) in [5.41, 5.74) is -2.69. The van der Waals surface area contributed by atoms with Crippen molar-refractivity contribution in [2.45, 2.75) is 124 Å². The molecule has 0 saturated heterocycles. The smallest absolute Gasteiger partial charge is 0.311 e. The van der Waals surface area contributed by atoms with E-state index in [-0.39, 0.29) is 0 Å². The zero-order valence-corrected chi connectivity index (χ0v) is 18.8. The van der Waals surface area contributed by atoms with Crippen molar-refractivity contribution in [3.63, 3.8) is 0 Å². The van der Waals surface area contributed by atoms with Crippen molar-refractivity contribution < 1.29 is 19.8 Å². The van der Waals surface area contributed by atoms with Crippen LogP contribution in [0.2, 0.25) is 0 Å². The maximum absolute atomic E-state index is 13.1. The number of unbranched alkanes of at least 4 members (excludes halogenated alkanes) is 4. The molecule has 0 bridgehead atoms. The van der Waals surface area contributed by atoms with Crippen LogP contribution in [0.25, 0.3) is 0 Å². The van der Waals surface area contributed by atoms with Crippen LogP contribution in [0.5, 0.6) is 0 Å². The summed E-state index contributed by atoms with van der Waals surface area (Å²) in [6.07, 6.45) is 12.3. The molecule has 2 N–H and O–H groups in total. The Morgan fingerprint density at radius 1 is 0.679 bits per heavy atom. The summed E-state index contributed by atoms with van der Waals surface area (Å²) in [5.74, 6) is -1.71. The van der Waals surface area contributed by atoms with Gasteiger partial charge < -0.3 is 10.2 Å². The minimum atomic E-state index is -1.15. The normalized spacial score (nSPS) is 26.9. The molecule has 164 valence electrons. The number of carboxylic acid groups (broad SMARTS) is 2. The second-order valence-corrected chi connectivity index (χ2v) is 9.15. The molecule has 0 spiro atoms. The number of hydrogen-bond donors (Lipinski definition) is 2. The van der Waals surface area contributed by atoms with E-state index in [1.807, 2.05) is 0 Å². The van der Waals surface area contributed by atoms with E-state index in [1.54, 1.807) is 0 Å². The fourth-order valence-electron chi connectivity index (χ4n) is 6.19. The molecule has 1 rings (SSSR count). The Bertz CT molecular complexity index is 493. The molecule has 0 aromatic rings. The standard InChI is InChI=1S/C24H44O4/c1-5-9-14-22(15-10-6-2)16-13-18-23(20(25)26,17-11-7-3)24(22,21(27)28)19-12-8-4/h5-19H2,1-4H3,(H,25,26)(H,27,28). The Morgan fingerprint density at radius 3 is 1.57 bits per heavy atom. The van der Waals surface area contributed by atoms with Crippen LogP contribution < -0.4 is 0 Å². The van der Waals surface area contributed by atoms with E-state index < -0.39 is 28.2 Å². The van der Waals surface area contributed by atoms with Gasteiger partial charge in [-0.05, 0) is 43.9 Å². The van der Waals surface area contributed by atoms with Crippen LogP contribution in [0.15, 0.2) is 0 Å². The van der Waals surface area contributed by atoms with Crippen LogP contribution in [0.3, 0.4) is 0 Å². The third-order valence-electron chi connectivity index (χ3n) is 7.64. The minimum absolute atomic E-state index is 0.398. The second kappa shape index (κ2) is 11.2. The molecule has 1 fully saturated rings. The van der Waals surface area contributed by atoms with E-state index in [4.69, 9.17) is 0 Å². The number of carboxylic acids is 2. The van der Waals surface area contributed by atoms with Crippen LogP contribution >= 0.6 is 0 Å². The molecular formula is C24H44O4. The molecule has 4 nitrogen and oxygen atoms in total. The maximum atomic E-state index is 13.1. The quantitative estimate of drug-likeness (QED) is 0.329. The third kappa shape index (κ3) is 4.41. The van der Waals surface area contributed by atoms with Gasteiger partial charge in [-0.2, -0.15) is 0 Å². The Morgan fingerprint density at radius 2 is 1.14 bits per heavy atom. The molecule has 0 aliphatic heterocycles. The molecule has 2 unspecified atom stereocenters. The zero-order chi connectivity index (χ0) is 21.3. The lowest BCUT2D eigenvalue weighted by Gasteiger charge is -2.60. The highest BCUT2D eigenvalue weighted by atomic mass is 16.4. The molecule has 4 heteroatoms. The van der Waals surface area contributed by atoms with Crippen LogP contribution in [0, 0.1) is 16.2 Å². The Kier molecular flexibility index (Phi) is 10.00. The van der Waals surface area contributed by atoms with Crippen molar-refractivity contribution >= 4 is 11.9 Å². The van der Waals surface area contributed by atoms with Gasteiger partial charge >= 0.3 is 11.9 Å². The lowest BCUT2D eigenvalue weighted by atomic mass is 9.40.